The third-order valence-corrected chi connectivity index (χ3v) is 4.69. The Bertz CT molecular complexity index is 929. The molecule has 0 radical (unpaired) electrons. The van der Waals surface area contributed by atoms with Gasteiger partial charge in [0.1, 0.15) is 0 Å². The first-order chi connectivity index (χ1) is 12.3. The van der Waals surface area contributed by atoms with Crippen molar-refractivity contribution in [1.29, 1.82) is 0 Å². The van der Waals surface area contributed by atoms with E-state index >= 15 is 0 Å². The van der Waals surface area contributed by atoms with E-state index in [2.05, 4.69) is 60.4 Å². The zero-order valence-corrected chi connectivity index (χ0v) is 16.2. The molecule has 0 unspecified atom stereocenters. The van der Waals surface area contributed by atoms with E-state index in [1.54, 1.807) is 17.0 Å². The van der Waals surface area contributed by atoms with Gasteiger partial charge in [0.25, 0.3) is 0 Å². The molecule has 0 aliphatic carbocycles. The highest BCUT2D eigenvalue weighted by Gasteiger charge is 2.14. The fraction of sp³-hybridized carbons (Fsp3) is 0.250. The summed E-state index contributed by atoms with van der Waals surface area (Å²) in [5.74, 6) is -0.210. The number of hydrogen-bond acceptors (Lipinski definition) is 4. The van der Waals surface area contributed by atoms with Crippen LogP contribution in [0.25, 0.3) is 17.3 Å². The van der Waals surface area contributed by atoms with E-state index in [0.29, 0.717) is 5.13 Å². The molecule has 0 bridgehead atoms. The molecule has 6 heteroatoms. The summed E-state index contributed by atoms with van der Waals surface area (Å²) in [5.41, 5.74) is 4.19. The third kappa shape index (κ3) is 4.46. The monoisotopic (exact) mass is 366 g/mol. The summed E-state index contributed by atoms with van der Waals surface area (Å²) in [6.45, 7) is 6.58. The van der Waals surface area contributed by atoms with E-state index in [0.717, 1.165) is 16.8 Å². The first kappa shape index (κ1) is 18.1. The van der Waals surface area contributed by atoms with E-state index in [4.69, 9.17) is 0 Å². The van der Waals surface area contributed by atoms with Gasteiger partial charge in [-0.1, -0.05) is 45.0 Å². The van der Waals surface area contributed by atoms with Gasteiger partial charge in [-0.25, -0.2) is 4.98 Å². The van der Waals surface area contributed by atoms with Crippen molar-refractivity contribution in [1.82, 2.24) is 14.8 Å². The second kappa shape index (κ2) is 7.25. The third-order valence-electron chi connectivity index (χ3n) is 3.93. The van der Waals surface area contributed by atoms with Crippen molar-refractivity contribution in [3.8, 4) is 11.3 Å². The van der Waals surface area contributed by atoms with Gasteiger partial charge < -0.3 is 0 Å². The summed E-state index contributed by atoms with van der Waals surface area (Å²) in [5, 5.41) is 9.39. The highest BCUT2D eigenvalue weighted by Crippen LogP contribution is 2.28. The van der Waals surface area contributed by atoms with Gasteiger partial charge in [0.05, 0.1) is 11.9 Å². The predicted molar refractivity (Wildman–Crippen MR) is 107 cm³/mol. The Morgan fingerprint density at radius 2 is 1.96 bits per heavy atom. The molecule has 0 spiro atoms. The largest absolute Gasteiger partial charge is 0.298 e. The second-order valence-corrected chi connectivity index (χ2v) is 7.99. The molecule has 3 aromatic rings. The molecule has 134 valence electrons. The Morgan fingerprint density at radius 3 is 2.58 bits per heavy atom. The number of aromatic nitrogens is 3. The molecule has 2 aromatic heterocycles. The van der Waals surface area contributed by atoms with E-state index in [-0.39, 0.29) is 11.3 Å². The molecular formula is C20H22N4OS. The standard InChI is InChI=1S/C20H22N4OS/c1-20(2,3)16-8-6-15(7-9-16)17-13-26-19(22-17)23-18(25)10-5-14-11-21-24(4)12-14/h5-13H,1-4H3,(H,22,23,25)/b10-5+. The normalized spacial score (nSPS) is 11.8. The molecule has 0 aliphatic heterocycles. The highest BCUT2D eigenvalue weighted by atomic mass is 32.1. The number of rotatable bonds is 4. The van der Waals surface area contributed by atoms with Crippen molar-refractivity contribution in [2.24, 2.45) is 7.05 Å². The zero-order valence-electron chi connectivity index (χ0n) is 15.4. The minimum Gasteiger partial charge on any atom is -0.298 e. The molecule has 0 saturated carbocycles. The fourth-order valence-electron chi connectivity index (χ4n) is 2.45. The molecule has 26 heavy (non-hydrogen) atoms. The molecule has 1 amide bonds. The van der Waals surface area contributed by atoms with Crippen LogP contribution >= 0.6 is 11.3 Å². The van der Waals surface area contributed by atoms with Gasteiger partial charge in [0.2, 0.25) is 5.91 Å². The number of benzene rings is 1. The number of carbonyl (C=O) groups excluding carboxylic acids is 1. The van der Waals surface area contributed by atoms with Gasteiger partial charge in [-0.05, 0) is 17.1 Å². The maximum absolute atomic E-state index is 12.0. The van der Waals surface area contributed by atoms with Crippen LogP contribution in [0.5, 0.6) is 0 Å². The summed E-state index contributed by atoms with van der Waals surface area (Å²) in [7, 11) is 1.84. The SMILES string of the molecule is Cn1cc(/C=C/C(=O)Nc2nc(-c3ccc(C(C)(C)C)cc3)cs2)cn1. The van der Waals surface area contributed by atoms with Crippen molar-refractivity contribution in [2.45, 2.75) is 26.2 Å². The number of anilines is 1. The van der Waals surface area contributed by atoms with Crippen molar-refractivity contribution in [2.75, 3.05) is 5.32 Å². The fourth-order valence-corrected chi connectivity index (χ4v) is 3.17. The Kier molecular flexibility index (Phi) is 5.04. The second-order valence-electron chi connectivity index (χ2n) is 7.14. The smallest absolute Gasteiger partial charge is 0.250 e. The molecule has 1 aromatic carbocycles. The van der Waals surface area contributed by atoms with Crippen molar-refractivity contribution >= 4 is 28.5 Å². The van der Waals surface area contributed by atoms with Crippen LogP contribution in [-0.4, -0.2) is 20.7 Å². The number of aryl methyl sites for hydroxylation is 1. The maximum Gasteiger partial charge on any atom is 0.250 e. The van der Waals surface area contributed by atoms with E-state index in [9.17, 15) is 4.79 Å². The highest BCUT2D eigenvalue weighted by molar-refractivity contribution is 7.14. The molecule has 3 rings (SSSR count). The molecule has 0 aliphatic rings. The average molecular weight is 366 g/mol. The van der Waals surface area contributed by atoms with Crippen LogP contribution in [0.2, 0.25) is 0 Å². The molecule has 1 N–H and O–H groups in total. The first-order valence-corrected chi connectivity index (χ1v) is 9.23. The van der Waals surface area contributed by atoms with Gasteiger partial charge in [0, 0.05) is 35.8 Å². The van der Waals surface area contributed by atoms with Gasteiger partial charge in [-0.3, -0.25) is 14.8 Å². The number of nitrogens with zero attached hydrogens (tertiary/aromatic N) is 3. The topological polar surface area (TPSA) is 59.8 Å². The molecule has 2 heterocycles. The van der Waals surface area contributed by atoms with Gasteiger partial charge in [-0.2, -0.15) is 5.10 Å². The number of amides is 1. The lowest BCUT2D eigenvalue weighted by Gasteiger charge is -2.18. The molecule has 0 saturated heterocycles. The molecule has 0 fully saturated rings. The Balaban J connectivity index is 1.66. The predicted octanol–water partition coefficient (Wildman–Crippen LogP) is 4.49. The van der Waals surface area contributed by atoms with Crippen LogP contribution in [0, 0.1) is 0 Å². The quantitative estimate of drug-likeness (QED) is 0.692. The lowest BCUT2D eigenvalue weighted by atomic mass is 9.86. The van der Waals surface area contributed by atoms with Crippen LogP contribution in [0.4, 0.5) is 5.13 Å². The zero-order chi connectivity index (χ0) is 18.7. The molecular weight excluding hydrogens is 344 g/mol. The van der Waals surface area contributed by atoms with Crippen molar-refractivity contribution in [3.63, 3.8) is 0 Å². The average Bonchev–Trinajstić information content (AvgIpc) is 3.21. The van der Waals surface area contributed by atoms with Crippen molar-refractivity contribution in [3.05, 3.63) is 59.2 Å². The minimum absolute atomic E-state index is 0.125. The summed E-state index contributed by atoms with van der Waals surface area (Å²) in [6, 6.07) is 8.40. The van der Waals surface area contributed by atoms with E-state index in [1.807, 2.05) is 18.6 Å². The summed E-state index contributed by atoms with van der Waals surface area (Å²) in [6.07, 6.45) is 6.75. The Labute approximate surface area is 157 Å². The van der Waals surface area contributed by atoms with Gasteiger partial charge in [0.15, 0.2) is 5.13 Å². The number of carbonyl (C=O) groups is 1. The van der Waals surface area contributed by atoms with E-state index < -0.39 is 0 Å². The van der Waals surface area contributed by atoms with Crippen LogP contribution in [-0.2, 0) is 17.3 Å². The summed E-state index contributed by atoms with van der Waals surface area (Å²) in [4.78, 5) is 16.5. The Hall–Kier alpha value is -2.73. The molecule has 5 nitrogen and oxygen atoms in total. The number of nitrogens with one attached hydrogen (secondary N) is 1. The van der Waals surface area contributed by atoms with Gasteiger partial charge in [-0.15, -0.1) is 11.3 Å². The number of thiazole rings is 1. The maximum atomic E-state index is 12.0. The van der Waals surface area contributed by atoms with Crippen LogP contribution < -0.4 is 5.32 Å². The van der Waals surface area contributed by atoms with Crippen molar-refractivity contribution < 1.29 is 4.79 Å². The van der Waals surface area contributed by atoms with E-state index in [1.165, 1.54) is 23.0 Å². The Morgan fingerprint density at radius 1 is 1.23 bits per heavy atom. The lowest BCUT2D eigenvalue weighted by Crippen LogP contribution is -2.10. The molecule has 0 atom stereocenters. The summed E-state index contributed by atoms with van der Waals surface area (Å²) >= 11 is 1.41. The number of hydrogen-bond donors (Lipinski definition) is 1. The summed E-state index contributed by atoms with van der Waals surface area (Å²) < 4.78 is 1.69. The minimum atomic E-state index is -0.210. The van der Waals surface area contributed by atoms with Crippen LogP contribution in [0.15, 0.2) is 48.1 Å². The lowest BCUT2D eigenvalue weighted by molar-refractivity contribution is -0.111. The first-order valence-electron chi connectivity index (χ1n) is 8.35. The van der Waals surface area contributed by atoms with Gasteiger partial charge >= 0.3 is 0 Å². The van der Waals surface area contributed by atoms with Crippen LogP contribution in [0.3, 0.4) is 0 Å². The van der Waals surface area contributed by atoms with Crippen LogP contribution in [0.1, 0.15) is 31.9 Å².